The molecule has 1 unspecified atom stereocenters. The molecule has 78 valence electrons. The van der Waals surface area contributed by atoms with Crippen LogP contribution in [0.2, 0.25) is 0 Å². The normalized spacial score (nSPS) is 22.7. The van der Waals surface area contributed by atoms with E-state index in [0.717, 1.165) is 0 Å². The quantitative estimate of drug-likeness (QED) is 0.327. The number of rotatable bonds is 0. The van der Waals surface area contributed by atoms with Crippen molar-refractivity contribution in [3.05, 3.63) is 20.8 Å². The fourth-order valence-electron chi connectivity index (χ4n) is 1.18. The zero-order valence-corrected chi connectivity index (χ0v) is 7.09. The fourth-order valence-corrected chi connectivity index (χ4v) is 1.18. The van der Waals surface area contributed by atoms with Gasteiger partial charge in [-0.15, -0.1) is 0 Å². The first-order valence-electron chi connectivity index (χ1n) is 3.72. The number of aromatic nitrogens is 2. The van der Waals surface area contributed by atoms with Gasteiger partial charge in [-0.25, -0.2) is 4.79 Å². The van der Waals surface area contributed by atoms with Gasteiger partial charge in [0.15, 0.2) is 0 Å². The highest BCUT2D eigenvalue weighted by molar-refractivity contribution is 6.00. The molecule has 9 heteroatoms. The number of carbonyl (C=O) groups is 1. The molecule has 1 aliphatic heterocycles. The van der Waals surface area contributed by atoms with E-state index in [1.165, 1.54) is 0 Å². The molecule has 2 heterocycles. The Labute approximate surface area is 80.5 Å². The van der Waals surface area contributed by atoms with Crippen molar-refractivity contribution in [1.82, 2.24) is 14.6 Å². The van der Waals surface area contributed by atoms with Crippen LogP contribution in [0.1, 0.15) is 0 Å². The molecule has 0 aromatic carbocycles. The summed E-state index contributed by atoms with van der Waals surface area (Å²) >= 11 is 0. The number of hydroxylamine groups is 2. The van der Waals surface area contributed by atoms with Crippen LogP contribution in [0.3, 0.4) is 0 Å². The minimum atomic E-state index is -1.74. The van der Waals surface area contributed by atoms with Gasteiger partial charge in [0.1, 0.15) is 0 Å². The largest absolute Gasteiger partial charge is 0.560 e. The van der Waals surface area contributed by atoms with Crippen LogP contribution >= 0.6 is 0 Å². The molecular weight excluding hydrogens is 208 g/mol. The number of H-pyrrole nitrogens is 2. The number of fused-ring (bicyclic) bond motifs is 1. The highest BCUT2D eigenvalue weighted by Crippen LogP contribution is 2.29. The third-order valence-corrected chi connectivity index (χ3v) is 1.88. The first-order valence-corrected chi connectivity index (χ1v) is 3.72. The Balaban J connectivity index is 2.82. The summed E-state index contributed by atoms with van der Waals surface area (Å²) in [6.07, 6.45) is -1.06. The van der Waals surface area contributed by atoms with Gasteiger partial charge in [0, 0.05) is 4.65 Å². The van der Waals surface area contributed by atoms with Gasteiger partial charge in [-0.3, -0.25) is 14.8 Å². The molecule has 9 nitrogen and oxygen atoms in total. The number of aliphatic imine (C=N–C) groups is 1. The summed E-state index contributed by atoms with van der Waals surface area (Å²) in [7, 11) is 0. The van der Waals surface area contributed by atoms with Crippen molar-refractivity contribution in [2.24, 2.45) is 4.99 Å². The van der Waals surface area contributed by atoms with Crippen LogP contribution in [0, 0.1) is 0 Å². The smallest absolute Gasteiger partial charge is 0.432 e. The summed E-state index contributed by atoms with van der Waals surface area (Å²) in [6, 6.07) is 0. The van der Waals surface area contributed by atoms with E-state index in [0.29, 0.717) is 6.34 Å². The van der Waals surface area contributed by atoms with Gasteiger partial charge in [0.25, 0.3) is 11.4 Å². The Morgan fingerprint density at radius 2 is 2.07 bits per heavy atom. The van der Waals surface area contributed by atoms with E-state index < -0.39 is 27.8 Å². The summed E-state index contributed by atoms with van der Waals surface area (Å²) in [5, 5.41) is 18.2. The molecule has 2 rings (SSSR count). The molecule has 0 bridgehead atoms. The first-order chi connectivity index (χ1) is 6.95. The van der Waals surface area contributed by atoms with Crippen molar-refractivity contribution >= 4 is 23.9 Å². The molecule has 4 N–H and O–H groups in total. The Morgan fingerprint density at radius 1 is 1.40 bits per heavy atom. The zero-order chi connectivity index (χ0) is 11.2. The molecule has 15 heavy (non-hydrogen) atoms. The van der Waals surface area contributed by atoms with E-state index >= 15 is 0 Å². The molecule has 0 radical (unpaired) electrons. The third-order valence-electron chi connectivity index (χ3n) is 1.88. The second-order valence-electron chi connectivity index (χ2n) is 2.82. The molecule has 1 aromatic heterocycles. The number of nitrogens with zero attached hydrogens (tertiary/aromatic N) is 2. The van der Waals surface area contributed by atoms with E-state index in [1.807, 2.05) is 9.97 Å². The van der Waals surface area contributed by atoms with Gasteiger partial charge in [0.05, 0.1) is 0 Å². The number of quaternary nitrogens is 1. The summed E-state index contributed by atoms with van der Waals surface area (Å²) in [4.78, 5) is 40.0. The molecule has 1 amide bonds. The summed E-state index contributed by atoms with van der Waals surface area (Å²) < 4.78 is -1.74. The van der Waals surface area contributed by atoms with Gasteiger partial charge in [-0.1, -0.05) is 0 Å². The van der Waals surface area contributed by atoms with E-state index in [9.17, 15) is 19.6 Å². The van der Waals surface area contributed by atoms with Gasteiger partial charge in [-0.2, -0.15) is 15.0 Å². The first kappa shape index (κ1) is 9.30. The standard InChI is InChI=1S/C6H4N4O5/c11-4-2-3(8-5(12)9-4)10(15,1-7-2)6(13)14/h1,15H,(H2-,8,9,11,12,13,14)/p+1. The summed E-state index contributed by atoms with van der Waals surface area (Å²) in [5.74, 6) is -0.490. The van der Waals surface area contributed by atoms with Crippen molar-refractivity contribution < 1.29 is 15.1 Å². The van der Waals surface area contributed by atoms with Crippen LogP contribution in [0.4, 0.5) is 16.3 Å². The van der Waals surface area contributed by atoms with Crippen molar-refractivity contribution in [3.8, 4) is 0 Å². The molecule has 1 aromatic rings. The van der Waals surface area contributed by atoms with E-state index in [-0.39, 0.29) is 5.69 Å². The summed E-state index contributed by atoms with van der Waals surface area (Å²) in [6.45, 7) is 0. The third kappa shape index (κ3) is 1.11. The monoisotopic (exact) mass is 213 g/mol. The van der Waals surface area contributed by atoms with Crippen molar-refractivity contribution in [2.75, 3.05) is 0 Å². The molecule has 0 aliphatic carbocycles. The Bertz CT molecular complexity index is 584. The van der Waals surface area contributed by atoms with Crippen LogP contribution < -0.4 is 15.9 Å². The molecule has 1 aliphatic rings. The van der Waals surface area contributed by atoms with Gasteiger partial charge < -0.3 is 5.11 Å². The topological polar surface area (TPSA) is 136 Å². The lowest BCUT2D eigenvalue weighted by Crippen LogP contribution is -2.49. The maximum absolute atomic E-state index is 11.1. The predicted octanol–water partition coefficient (Wildman–Crippen LogP) is -0.889. The van der Waals surface area contributed by atoms with Gasteiger partial charge in [-0.05, 0) is 0 Å². The van der Waals surface area contributed by atoms with Crippen LogP contribution in [-0.4, -0.2) is 32.7 Å². The van der Waals surface area contributed by atoms with Crippen LogP contribution in [0.15, 0.2) is 14.6 Å². The molecule has 0 saturated carbocycles. The molecule has 1 atom stereocenters. The van der Waals surface area contributed by atoms with Crippen molar-refractivity contribution in [2.45, 2.75) is 0 Å². The molecule has 0 fully saturated rings. The minimum Gasteiger partial charge on any atom is -0.432 e. The second kappa shape index (κ2) is 2.62. The Morgan fingerprint density at radius 3 is 2.67 bits per heavy atom. The number of carboxylic acid groups (broad SMARTS) is 1. The number of aromatic amines is 2. The predicted molar refractivity (Wildman–Crippen MR) is 47.4 cm³/mol. The lowest BCUT2D eigenvalue weighted by atomic mass is 10.4. The van der Waals surface area contributed by atoms with E-state index in [1.54, 1.807) is 0 Å². The number of amides is 1. The average Bonchev–Trinajstić information content (AvgIpc) is 2.46. The highest BCUT2D eigenvalue weighted by Gasteiger charge is 2.47. The number of hydrogen-bond acceptors (Lipinski definition) is 5. The number of nitrogens with one attached hydrogen (secondary N) is 2. The van der Waals surface area contributed by atoms with Crippen LogP contribution in [-0.2, 0) is 0 Å². The van der Waals surface area contributed by atoms with Crippen LogP contribution in [0.25, 0.3) is 0 Å². The second-order valence-corrected chi connectivity index (χ2v) is 2.82. The Kier molecular flexibility index (Phi) is 1.62. The van der Waals surface area contributed by atoms with Gasteiger partial charge in [0.2, 0.25) is 12.0 Å². The molecule has 0 saturated heterocycles. The van der Waals surface area contributed by atoms with E-state index in [4.69, 9.17) is 5.11 Å². The van der Waals surface area contributed by atoms with E-state index in [2.05, 4.69) is 4.99 Å². The molecular formula is C6H5N4O5+. The Hall–Kier alpha value is -2.26. The van der Waals surface area contributed by atoms with Crippen molar-refractivity contribution in [3.63, 3.8) is 0 Å². The maximum atomic E-state index is 11.1. The lowest BCUT2D eigenvalue weighted by Gasteiger charge is -2.12. The SMILES string of the molecule is O=C(O)[N+]1(O)C=Nc2c1[nH]c(=O)[nH]c2=O. The van der Waals surface area contributed by atoms with Crippen molar-refractivity contribution in [1.29, 1.82) is 0 Å². The summed E-state index contributed by atoms with van der Waals surface area (Å²) in [5.41, 5.74) is -2.11. The molecule has 0 spiro atoms. The van der Waals surface area contributed by atoms with Crippen LogP contribution in [0.5, 0.6) is 0 Å². The zero-order valence-electron chi connectivity index (χ0n) is 7.09. The van der Waals surface area contributed by atoms with Gasteiger partial charge >= 0.3 is 11.8 Å². The highest BCUT2D eigenvalue weighted by atomic mass is 16.6. The maximum Gasteiger partial charge on any atom is 0.560 e. The number of hydrogen-bond donors (Lipinski definition) is 4. The fraction of sp³-hybridized carbons (Fsp3) is 0. The lowest BCUT2D eigenvalue weighted by molar-refractivity contribution is 0.0107. The average molecular weight is 213 g/mol. The minimum absolute atomic E-state index is 0.334.